The Kier molecular flexibility index (Phi) is 7.04. The minimum atomic E-state index is -0.613. The summed E-state index contributed by atoms with van der Waals surface area (Å²) in [5.74, 6) is -1.12. The summed E-state index contributed by atoms with van der Waals surface area (Å²) in [6.07, 6.45) is 2.90. The lowest BCUT2D eigenvalue weighted by atomic mass is 9.51. The first-order chi connectivity index (χ1) is 14.8. The van der Waals surface area contributed by atoms with Gasteiger partial charge in [0.25, 0.3) is 5.91 Å². The first kappa shape index (κ1) is 24.7. The predicted octanol–water partition coefficient (Wildman–Crippen LogP) is 4.30. The monoisotopic (exact) mass is 446 g/mol. The molecular weight excluding hydrogens is 407 g/mol. The van der Waals surface area contributed by atoms with Gasteiger partial charge < -0.3 is 15.7 Å². The fraction of sp³-hybridized carbons (Fsp3) is 0.692. The molecule has 2 saturated carbocycles. The molecule has 3 N–H and O–H groups in total. The fourth-order valence-electron chi connectivity index (χ4n) is 6.06. The molecule has 2 aliphatic rings. The molecule has 0 spiro atoms. The Balaban J connectivity index is 1.75. The maximum atomic E-state index is 13.5. The van der Waals surface area contributed by atoms with E-state index in [1.807, 2.05) is 27.7 Å². The summed E-state index contributed by atoms with van der Waals surface area (Å²) in [4.78, 5) is 25.5. The van der Waals surface area contributed by atoms with Gasteiger partial charge in [-0.3, -0.25) is 9.59 Å². The summed E-state index contributed by atoms with van der Waals surface area (Å²) in [6.45, 7) is 12.1. The van der Waals surface area contributed by atoms with E-state index in [0.29, 0.717) is 5.56 Å². The molecule has 0 aliphatic heterocycles. The molecule has 32 heavy (non-hydrogen) atoms. The average molecular weight is 447 g/mol. The number of hydrogen-bond donors (Lipinski definition) is 3. The second-order valence-corrected chi connectivity index (χ2v) is 11.4. The van der Waals surface area contributed by atoms with Crippen LogP contribution >= 0.6 is 0 Å². The van der Waals surface area contributed by atoms with Gasteiger partial charge in [0.2, 0.25) is 5.91 Å². The van der Waals surface area contributed by atoms with Gasteiger partial charge in [-0.2, -0.15) is 0 Å². The molecule has 178 valence electrons. The Labute approximate surface area is 191 Å². The molecular formula is C26H39FN2O3. The van der Waals surface area contributed by atoms with Crippen molar-refractivity contribution in [3.8, 4) is 0 Å². The molecule has 6 heteroatoms. The van der Waals surface area contributed by atoms with E-state index in [4.69, 9.17) is 0 Å². The zero-order valence-corrected chi connectivity index (χ0v) is 20.2. The summed E-state index contributed by atoms with van der Waals surface area (Å²) in [6, 6.07) is 5.60. The van der Waals surface area contributed by atoms with E-state index in [2.05, 4.69) is 24.5 Å². The number of hydrogen-bond acceptors (Lipinski definition) is 3. The lowest BCUT2D eigenvalue weighted by Crippen LogP contribution is -2.59. The van der Waals surface area contributed by atoms with Gasteiger partial charge in [-0.15, -0.1) is 0 Å². The van der Waals surface area contributed by atoms with Crippen LogP contribution in [0.4, 0.5) is 4.39 Å². The van der Waals surface area contributed by atoms with Gasteiger partial charge in [-0.05, 0) is 87.8 Å². The first-order valence-electron chi connectivity index (χ1n) is 11.9. The van der Waals surface area contributed by atoms with Crippen LogP contribution < -0.4 is 10.6 Å². The number of fused-ring (bicyclic) bond motifs is 1. The lowest BCUT2D eigenvalue weighted by molar-refractivity contribution is -0.143. The predicted molar refractivity (Wildman–Crippen MR) is 123 cm³/mol. The van der Waals surface area contributed by atoms with Gasteiger partial charge in [0.1, 0.15) is 5.82 Å². The Bertz CT molecular complexity index is 852. The molecule has 5 nitrogen and oxygen atoms in total. The zero-order valence-electron chi connectivity index (χ0n) is 20.2. The smallest absolute Gasteiger partial charge is 0.251 e. The molecule has 0 radical (unpaired) electrons. The third-order valence-electron chi connectivity index (χ3n) is 7.85. The van der Waals surface area contributed by atoms with Gasteiger partial charge in [-0.25, -0.2) is 4.39 Å². The van der Waals surface area contributed by atoms with Gasteiger partial charge in [0, 0.05) is 23.1 Å². The van der Waals surface area contributed by atoms with Crippen molar-refractivity contribution in [1.29, 1.82) is 0 Å². The third-order valence-corrected chi connectivity index (χ3v) is 7.85. The second-order valence-electron chi connectivity index (χ2n) is 11.4. The van der Waals surface area contributed by atoms with Crippen LogP contribution in [-0.2, 0) is 4.79 Å². The first-order valence-corrected chi connectivity index (χ1v) is 11.9. The van der Waals surface area contributed by atoms with Gasteiger partial charge in [0.05, 0.1) is 6.10 Å². The Morgan fingerprint density at radius 1 is 1.22 bits per heavy atom. The van der Waals surface area contributed by atoms with E-state index in [1.165, 1.54) is 18.2 Å². The molecule has 1 aromatic carbocycles. The molecule has 1 aromatic rings. The number of amides is 2. The van der Waals surface area contributed by atoms with E-state index >= 15 is 0 Å². The molecule has 0 aromatic heterocycles. The quantitative estimate of drug-likeness (QED) is 0.645. The molecule has 0 heterocycles. The topological polar surface area (TPSA) is 78.4 Å². The number of nitrogens with one attached hydrogen (secondary N) is 2. The van der Waals surface area contributed by atoms with Gasteiger partial charge >= 0.3 is 0 Å². The standard InChI is InChI=1S/C26H39FN2O3/c1-15(23(31)29-25(3,4)5)19-10-12-26(6)13-11-20(16(2)21(26)22(19)30)28-24(32)17-8-7-9-18(27)14-17/h7-9,14-16,19-22,30H,10-13H2,1-6H3,(H,28,32)(H,29,31)/t15-,16+,19?,20-,21+,22-,26-/m0/s1. The van der Waals surface area contributed by atoms with Crippen LogP contribution in [0.5, 0.6) is 0 Å². The van der Waals surface area contributed by atoms with E-state index in [0.717, 1.165) is 25.7 Å². The van der Waals surface area contributed by atoms with Crippen molar-refractivity contribution in [2.75, 3.05) is 0 Å². The molecule has 2 aliphatic carbocycles. The lowest BCUT2D eigenvalue weighted by Gasteiger charge is -2.56. The minimum absolute atomic E-state index is 0.0160. The SMILES string of the molecule is C[C@H]1[C@@H]2[C@@H](O)C([C@H](C)C(=O)NC(C)(C)C)CC[C@@]2(C)CC[C@@H]1NC(=O)c1cccc(F)c1. The summed E-state index contributed by atoms with van der Waals surface area (Å²) >= 11 is 0. The number of aliphatic hydroxyl groups excluding tert-OH is 1. The Morgan fingerprint density at radius 2 is 1.88 bits per heavy atom. The van der Waals surface area contributed by atoms with Crippen LogP contribution in [0.25, 0.3) is 0 Å². The normalized spacial score (nSPS) is 33.7. The van der Waals surface area contributed by atoms with Gasteiger partial charge in [-0.1, -0.05) is 26.8 Å². The van der Waals surface area contributed by atoms with Crippen molar-refractivity contribution in [2.24, 2.45) is 29.1 Å². The van der Waals surface area contributed by atoms with E-state index in [-0.39, 0.29) is 52.5 Å². The average Bonchev–Trinajstić information content (AvgIpc) is 2.68. The zero-order chi connectivity index (χ0) is 23.8. The minimum Gasteiger partial charge on any atom is -0.392 e. The largest absolute Gasteiger partial charge is 0.392 e. The molecule has 1 unspecified atom stereocenters. The molecule has 0 saturated heterocycles. The van der Waals surface area contributed by atoms with E-state index < -0.39 is 11.9 Å². The maximum absolute atomic E-state index is 13.5. The van der Waals surface area contributed by atoms with Crippen LogP contribution in [0, 0.1) is 34.9 Å². The summed E-state index contributed by atoms with van der Waals surface area (Å²) < 4.78 is 13.5. The highest BCUT2D eigenvalue weighted by Gasteiger charge is 2.54. The molecule has 2 amide bonds. The van der Waals surface area contributed by atoms with Gasteiger partial charge in [0.15, 0.2) is 0 Å². The second kappa shape index (κ2) is 9.12. The number of halogens is 1. The Hall–Kier alpha value is -1.95. The fourth-order valence-corrected chi connectivity index (χ4v) is 6.06. The molecule has 3 rings (SSSR count). The van der Waals surface area contributed by atoms with E-state index in [9.17, 15) is 19.1 Å². The molecule has 0 bridgehead atoms. The maximum Gasteiger partial charge on any atom is 0.251 e. The van der Waals surface area contributed by atoms with Crippen molar-refractivity contribution in [3.05, 3.63) is 35.6 Å². The third kappa shape index (κ3) is 5.16. The Morgan fingerprint density at radius 3 is 2.50 bits per heavy atom. The highest BCUT2D eigenvalue weighted by molar-refractivity contribution is 5.94. The van der Waals surface area contributed by atoms with Crippen LogP contribution in [0.3, 0.4) is 0 Å². The van der Waals surface area contributed by atoms with Crippen molar-refractivity contribution in [1.82, 2.24) is 10.6 Å². The van der Waals surface area contributed by atoms with Crippen LogP contribution in [0.2, 0.25) is 0 Å². The highest BCUT2D eigenvalue weighted by atomic mass is 19.1. The summed E-state index contributed by atoms with van der Waals surface area (Å²) in [7, 11) is 0. The van der Waals surface area contributed by atoms with Crippen LogP contribution in [-0.4, -0.2) is 34.6 Å². The summed E-state index contributed by atoms with van der Waals surface area (Å²) in [5.41, 5.74) is -0.0282. The van der Waals surface area contributed by atoms with Crippen LogP contribution in [0.1, 0.15) is 77.6 Å². The number of aliphatic hydroxyl groups is 1. The van der Waals surface area contributed by atoms with Crippen molar-refractivity contribution in [2.45, 2.75) is 84.9 Å². The van der Waals surface area contributed by atoms with Crippen molar-refractivity contribution < 1.29 is 19.1 Å². The van der Waals surface area contributed by atoms with Crippen molar-refractivity contribution >= 4 is 11.8 Å². The molecule has 2 fully saturated rings. The highest BCUT2D eigenvalue weighted by Crippen LogP contribution is 2.55. The number of carbonyl (C=O) groups is 2. The number of benzene rings is 1. The number of rotatable bonds is 4. The van der Waals surface area contributed by atoms with Crippen LogP contribution in [0.15, 0.2) is 24.3 Å². The van der Waals surface area contributed by atoms with E-state index in [1.54, 1.807) is 6.07 Å². The number of carbonyl (C=O) groups excluding carboxylic acids is 2. The molecule has 7 atom stereocenters. The van der Waals surface area contributed by atoms with Crippen molar-refractivity contribution in [3.63, 3.8) is 0 Å². The summed E-state index contributed by atoms with van der Waals surface area (Å²) in [5, 5.41) is 17.6.